The summed E-state index contributed by atoms with van der Waals surface area (Å²) in [5, 5.41) is 0.318. The highest BCUT2D eigenvalue weighted by molar-refractivity contribution is 7.93. The van der Waals surface area contributed by atoms with Crippen LogP contribution in [0, 0.1) is 0 Å². The van der Waals surface area contributed by atoms with Crippen LogP contribution in [-0.4, -0.2) is 21.5 Å². The lowest BCUT2D eigenvalue weighted by Crippen LogP contribution is -2.02. The average molecular weight is 217 g/mol. The van der Waals surface area contributed by atoms with Gasteiger partial charge in [0.2, 0.25) is 0 Å². The first-order valence-corrected chi connectivity index (χ1v) is 6.10. The second kappa shape index (κ2) is 3.27. The van der Waals surface area contributed by atoms with Gasteiger partial charge >= 0.3 is 0 Å². The Balaban J connectivity index is 2.59. The van der Waals surface area contributed by atoms with Crippen molar-refractivity contribution in [2.45, 2.75) is 11.3 Å². The molecule has 1 aromatic rings. The topological polar surface area (TPSA) is 42.3 Å². The molecule has 1 aromatic heterocycles. The molecule has 0 N–H and O–H groups in total. The maximum Gasteiger partial charge on any atom is 0.145 e. The standard InChI is InChI=1S/C8H9ClN2OS/c9-8-7(3-1-4-10-8)13(12)6-2-5-11-13/h1,3-4H,2,5-6H2. The lowest BCUT2D eigenvalue weighted by molar-refractivity contribution is 0.678. The Morgan fingerprint density at radius 1 is 1.54 bits per heavy atom. The van der Waals surface area contributed by atoms with Gasteiger partial charge < -0.3 is 0 Å². The molecule has 0 aromatic carbocycles. The van der Waals surface area contributed by atoms with Crippen LogP contribution in [-0.2, 0) is 9.73 Å². The number of hydrogen-bond donors (Lipinski definition) is 0. The van der Waals surface area contributed by atoms with Gasteiger partial charge in [-0.05, 0) is 18.6 Å². The molecule has 0 radical (unpaired) electrons. The minimum Gasteiger partial charge on any atom is -0.245 e. The summed E-state index contributed by atoms with van der Waals surface area (Å²) in [7, 11) is -2.23. The van der Waals surface area contributed by atoms with Crippen LogP contribution in [0.1, 0.15) is 6.42 Å². The molecule has 0 saturated heterocycles. The molecule has 13 heavy (non-hydrogen) atoms. The molecule has 0 aliphatic carbocycles. The molecule has 3 nitrogen and oxygen atoms in total. The SMILES string of the molecule is O=S1(c2cccnc2Cl)=NCCC1. The van der Waals surface area contributed by atoms with Gasteiger partial charge in [0.15, 0.2) is 0 Å². The molecule has 1 aliphatic heterocycles. The summed E-state index contributed by atoms with van der Waals surface area (Å²) >= 11 is 5.84. The summed E-state index contributed by atoms with van der Waals surface area (Å²) in [6, 6.07) is 3.48. The number of hydrogen-bond acceptors (Lipinski definition) is 3. The molecule has 2 rings (SSSR count). The van der Waals surface area contributed by atoms with Crippen LogP contribution in [0.5, 0.6) is 0 Å². The molecule has 70 valence electrons. The molecule has 0 bridgehead atoms. The fourth-order valence-electron chi connectivity index (χ4n) is 1.33. The Kier molecular flexibility index (Phi) is 2.26. The number of pyridine rings is 1. The van der Waals surface area contributed by atoms with Gasteiger partial charge in [-0.2, -0.15) is 0 Å². The van der Waals surface area contributed by atoms with Crippen molar-refractivity contribution in [3.05, 3.63) is 23.5 Å². The molecule has 1 atom stereocenters. The Morgan fingerprint density at radius 2 is 2.38 bits per heavy atom. The predicted octanol–water partition coefficient (Wildman–Crippen LogP) is 1.97. The van der Waals surface area contributed by atoms with E-state index in [4.69, 9.17) is 11.6 Å². The van der Waals surface area contributed by atoms with Gasteiger partial charge in [0, 0.05) is 18.5 Å². The summed E-state index contributed by atoms with van der Waals surface area (Å²) in [6.07, 6.45) is 2.47. The second-order valence-electron chi connectivity index (χ2n) is 2.84. The Hall–Kier alpha value is -0.610. The summed E-state index contributed by atoms with van der Waals surface area (Å²) < 4.78 is 16.2. The Bertz CT molecular complexity index is 438. The number of rotatable bonds is 1. The van der Waals surface area contributed by atoms with Crippen LogP contribution in [0.4, 0.5) is 0 Å². The zero-order valence-electron chi connectivity index (χ0n) is 6.94. The van der Waals surface area contributed by atoms with Gasteiger partial charge in [0.25, 0.3) is 0 Å². The summed E-state index contributed by atoms with van der Waals surface area (Å²) in [4.78, 5) is 4.49. The van der Waals surface area contributed by atoms with Crippen LogP contribution < -0.4 is 0 Å². The van der Waals surface area contributed by atoms with Gasteiger partial charge in [-0.25, -0.2) is 13.6 Å². The first-order valence-electron chi connectivity index (χ1n) is 4.03. The van der Waals surface area contributed by atoms with Crippen molar-refractivity contribution >= 4 is 21.3 Å². The zero-order chi connectivity index (χ0) is 9.31. The fourth-order valence-corrected chi connectivity index (χ4v) is 3.85. The summed E-state index contributed by atoms with van der Waals surface area (Å²) in [5.74, 6) is 0.610. The van der Waals surface area contributed by atoms with Crippen LogP contribution in [0.3, 0.4) is 0 Å². The fraction of sp³-hybridized carbons (Fsp3) is 0.375. The molecular weight excluding hydrogens is 208 g/mol. The molecule has 0 amide bonds. The minimum absolute atomic E-state index is 0.318. The van der Waals surface area contributed by atoms with E-state index in [-0.39, 0.29) is 0 Å². The third kappa shape index (κ3) is 1.56. The lowest BCUT2D eigenvalue weighted by atomic mass is 10.5. The van der Waals surface area contributed by atoms with Gasteiger partial charge in [0.1, 0.15) is 5.15 Å². The summed E-state index contributed by atoms with van der Waals surface area (Å²) in [5.41, 5.74) is 0. The van der Waals surface area contributed by atoms with E-state index in [1.807, 2.05) is 0 Å². The molecule has 2 heterocycles. The molecule has 0 spiro atoms. The molecule has 1 aliphatic rings. The van der Waals surface area contributed by atoms with E-state index in [1.165, 1.54) is 0 Å². The number of halogens is 1. The van der Waals surface area contributed by atoms with Crippen molar-refractivity contribution in [3.63, 3.8) is 0 Å². The third-order valence-electron chi connectivity index (χ3n) is 1.95. The van der Waals surface area contributed by atoms with E-state index in [1.54, 1.807) is 18.3 Å². The third-order valence-corrected chi connectivity index (χ3v) is 4.82. The quantitative estimate of drug-likeness (QED) is 0.674. The Morgan fingerprint density at radius 3 is 3.00 bits per heavy atom. The van der Waals surface area contributed by atoms with Crippen LogP contribution in [0.25, 0.3) is 0 Å². The maximum absolute atomic E-state index is 12.1. The average Bonchev–Trinajstić information content (AvgIpc) is 2.54. The van der Waals surface area contributed by atoms with E-state index < -0.39 is 9.73 Å². The Labute approximate surface area is 82.3 Å². The molecule has 0 saturated carbocycles. The van der Waals surface area contributed by atoms with Gasteiger partial charge in [-0.15, -0.1) is 0 Å². The zero-order valence-corrected chi connectivity index (χ0v) is 8.51. The van der Waals surface area contributed by atoms with Crippen molar-refractivity contribution in [2.24, 2.45) is 4.36 Å². The first-order chi connectivity index (χ1) is 6.22. The van der Waals surface area contributed by atoms with Crippen LogP contribution in [0.2, 0.25) is 5.15 Å². The van der Waals surface area contributed by atoms with Crippen molar-refractivity contribution in [1.82, 2.24) is 4.98 Å². The maximum atomic E-state index is 12.1. The van der Waals surface area contributed by atoms with Crippen molar-refractivity contribution < 1.29 is 4.21 Å². The molecule has 5 heteroatoms. The van der Waals surface area contributed by atoms with E-state index in [0.29, 0.717) is 22.3 Å². The normalized spacial score (nSPS) is 27.2. The molecule has 1 unspecified atom stereocenters. The van der Waals surface area contributed by atoms with Crippen LogP contribution in [0.15, 0.2) is 27.6 Å². The van der Waals surface area contributed by atoms with Crippen molar-refractivity contribution in [3.8, 4) is 0 Å². The number of aromatic nitrogens is 1. The molecule has 0 fully saturated rings. The van der Waals surface area contributed by atoms with Crippen LogP contribution >= 0.6 is 11.6 Å². The second-order valence-corrected chi connectivity index (χ2v) is 5.59. The minimum atomic E-state index is -2.23. The predicted molar refractivity (Wildman–Crippen MR) is 52.4 cm³/mol. The first kappa shape index (κ1) is 8.97. The smallest absolute Gasteiger partial charge is 0.145 e. The van der Waals surface area contributed by atoms with Gasteiger partial charge in [-0.3, -0.25) is 0 Å². The van der Waals surface area contributed by atoms with E-state index in [0.717, 1.165) is 6.42 Å². The highest BCUT2D eigenvalue weighted by Gasteiger charge is 2.19. The highest BCUT2D eigenvalue weighted by Crippen LogP contribution is 2.24. The number of nitrogens with zero attached hydrogens (tertiary/aromatic N) is 2. The highest BCUT2D eigenvalue weighted by atomic mass is 35.5. The lowest BCUT2D eigenvalue weighted by Gasteiger charge is -2.04. The summed E-state index contributed by atoms with van der Waals surface area (Å²) in [6.45, 7) is 0.671. The monoisotopic (exact) mass is 216 g/mol. The van der Waals surface area contributed by atoms with E-state index >= 15 is 0 Å². The molecular formula is C8H9ClN2OS. The van der Waals surface area contributed by atoms with E-state index in [9.17, 15) is 4.21 Å². The van der Waals surface area contributed by atoms with Gasteiger partial charge in [-0.1, -0.05) is 11.6 Å². The van der Waals surface area contributed by atoms with E-state index in [2.05, 4.69) is 9.35 Å². The largest absolute Gasteiger partial charge is 0.245 e. The van der Waals surface area contributed by atoms with Gasteiger partial charge in [0.05, 0.1) is 14.6 Å². The van der Waals surface area contributed by atoms with Crippen molar-refractivity contribution in [2.75, 3.05) is 12.3 Å². The van der Waals surface area contributed by atoms with Crippen molar-refractivity contribution in [1.29, 1.82) is 0 Å².